The molecule has 1 heterocycles. The topological polar surface area (TPSA) is 135 Å². The van der Waals surface area contributed by atoms with Crippen LogP contribution >= 0.6 is 0 Å². The molecule has 1 aromatic carbocycles. The van der Waals surface area contributed by atoms with Crippen LogP contribution in [0.25, 0.3) is 0 Å². The van der Waals surface area contributed by atoms with E-state index in [1.54, 1.807) is 0 Å². The lowest BCUT2D eigenvalue weighted by atomic mass is 9.96. The molecule has 0 radical (unpaired) electrons. The average molecular weight is 383 g/mol. The highest BCUT2D eigenvalue weighted by Gasteiger charge is 2.48. The number of aliphatic hydroxyl groups is 2. The zero-order valence-corrected chi connectivity index (χ0v) is 15.1. The third kappa shape index (κ3) is 5.72. The molecule has 1 aliphatic rings. The van der Waals surface area contributed by atoms with Gasteiger partial charge in [-0.3, -0.25) is 4.79 Å². The van der Waals surface area contributed by atoms with E-state index in [0.29, 0.717) is 0 Å². The standard InChI is InChI=1S/C18H25NO8/c1-10(17(23)24)26-16-14(19-11(2)21)18(27-13(8-20)15(16)22)25-9-12-6-4-3-5-7-12/h3-7,10,13-16,18,20,22H,8-9H2,1-2H3,(H,19,21)(H,23,24)/t10-,13-,14-,15-,16-,18?/m1/s1. The number of carboxylic acid groups (broad SMARTS) is 1. The summed E-state index contributed by atoms with van der Waals surface area (Å²) >= 11 is 0. The molecule has 1 aromatic rings. The predicted octanol–water partition coefficient (Wildman–Crippen LogP) is -0.356. The first kappa shape index (κ1) is 21.3. The Bertz CT molecular complexity index is 625. The smallest absolute Gasteiger partial charge is 0.332 e. The van der Waals surface area contributed by atoms with Gasteiger partial charge in [-0.25, -0.2) is 4.79 Å². The summed E-state index contributed by atoms with van der Waals surface area (Å²) < 4.78 is 16.8. The predicted molar refractivity (Wildman–Crippen MR) is 92.6 cm³/mol. The molecular weight excluding hydrogens is 358 g/mol. The van der Waals surface area contributed by atoms with E-state index in [-0.39, 0.29) is 6.61 Å². The minimum atomic E-state index is -1.36. The molecule has 1 amide bonds. The quantitative estimate of drug-likeness (QED) is 0.478. The summed E-state index contributed by atoms with van der Waals surface area (Å²) in [6.07, 6.45) is -5.85. The summed E-state index contributed by atoms with van der Waals surface area (Å²) in [5, 5.41) is 31.6. The second-order valence-electron chi connectivity index (χ2n) is 6.32. The van der Waals surface area contributed by atoms with Crippen LogP contribution in [0.3, 0.4) is 0 Å². The Labute approximate surface area is 156 Å². The lowest BCUT2D eigenvalue weighted by Gasteiger charge is -2.44. The summed E-state index contributed by atoms with van der Waals surface area (Å²) in [6, 6.07) is 8.25. The molecular formula is C18H25NO8. The summed E-state index contributed by atoms with van der Waals surface area (Å²) in [4.78, 5) is 22.8. The molecule has 1 aliphatic heterocycles. The van der Waals surface area contributed by atoms with Gasteiger partial charge in [-0.05, 0) is 12.5 Å². The van der Waals surface area contributed by atoms with E-state index < -0.39 is 55.2 Å². The summed E-state index contributed by atoms with van der Waals surface area (Å²) in [7, 11) is 0. The van der Waals surface area contributed by atoms with E-state index >= 15 is 0 Å². The molecule has 1 saturated heterocycles. The van der Waals surface area contributed by atoms with Crippen molar-refractivity contribution in [3.05, 3.63) is 35.9 Å². The summed E-state index contributed by atoms with van der Waals surface area (Å²) in [6.45, 7) is 2.21. The zero-order chi connectivity index (χ0) is 20.0. The van der Waals surface area contributed by atoms with Crippen LogP contribution in [-0.2, 0) is 30.4 Å². The molecule has 4 N–H and O–H groups in total. The van der Waals surface area contributed by atoms with Gasteiger partial charge in [-0.1, -0.05) is 30.3 Å². The summed E-state index contributed by atoms with van der Waals surface area (Å²) in [5.74, 6) is -1.65. The monoisotopic (exact) mass is 383 g/mol. The van der Waals surface area contributed by atoms with Gasteiger partial charge in [-0.15, -0.1) is 0 Å². The van der Waals surface area contributed by atoms with Crippen LogP contribution in [0, 0.1) is 0 Å². The van der Waals surface area contributed by atoms with Crippen LogP contribution in [0.1, 0.15) is 19.4 Å². The van der Waals surface area contributed by atoms with Crippen molar-refractivity contribution in [3.63, 3.8) is 0 Å². The zero-order valence-electron chi connectivity index (χ0n) is 15.1. The number of hydrogen-bond acceptors (Lipinski definition) is 7. The fourth-order valence-electron chi connectivity index (χ4n) is 2.81. The number of nitrogens with one attached hydrogen (secondary N) is 1. The van der Waals surface area contributed by atoms with Crippen molar-refractivity contribution in [1.29, 1.82) is 0 Å². The lowest BCUT2D eigenvalue weighted by Crippen LogP contribution is -2.66. The largest absolute Gasteiger partial charge is 0.479 e. The van der Waals surface area contributed by atoms with Gasteiger partial charge in [0.1, 0.15) is 24.4 Å². The maximum Gasteiger partial charge on any atom is 0.332 e. The highest BCUT2D eigenvalue weighted by Crippen LogP contribution is 2.26. The molecule has 0 aliphatic carbocycles. The molecule has 1 unspecified atom stereocenters. The molecule has 0 spiro atoms. The second kappa shape index (κ2) is 9.77. The number of rotatable bonds is 8. The first-order valence-corrected chi connectivity index (χ1v) is 8.58. The molecule has 9 heteroatoms. The van der Waals surface area contributed by atoms with Gasteiger partial charge in [0.25, 0.3) is 0 Å². The average Bonchev–Trinajstić information content (AvgIpc) is 2.64. The van der Waals surface area contributed by atoms with Crippen LogP contribution in [0.5, 0.6) is 0 Å². The molecule has 1 fully saturated rings. The molecule has 0 aromatic heterocycles. The number of amides is 1. The van der Waals surface area contributed by atoms with Crippen molar-refractivity contribution in [1.82, 2.24) is 5.32 Å². The van der Waals surface area contributed by atoms with Crippen molar-refractivity contribution in [2.45, 2.75) is 57.2 Å². The van der Waals surface area contributed by atoms with Crippen LogP contribution < -0.4 is 5.32 Å². The fraction of sp³-hybridized carbons (Fsp3) is 0.556. The molecule has 6 atom stereocenters. The van der Waals surface area contributed by atoms with Gasteiger partial charge in [0.15, 0.2) is 12.4 Å². The normalized spacial score (nSPS) is 29.1. The minimum absolute atomic E-state index is 0.150. The number of carbonyl (C=O) groups is 2. The Hall–Kier alpha value is -2.04. The van der Waals surface area contributed by atoms with Gasteiger partial charge in [0, 0.05) is 6.92 Å². The molecule has 2 rings (SSSR count). The van der Waals surface area contributed by atoms with Gasteiger partial charge < -0.3 is 34.8 Å². The highest BCUT2D eigenvalue weighted by atomic mass is 16.7. The number of benzene rings is 1. The number of aliphatic carboxylic acids is 1. The summed E-state index contributed by atoms with van der Waals surface area (Å²) in [5.41, 5.74) is 0.853. The fourth-order valence-corrected chi connectivity index (χ4v) is 2.81. The van der Waals surface area contributed by atoms with Crippen LogP contribution in [0.4, 0.5) is 0 Å². The first-order valence-electron chi connectivity index (χ1n) is 8.58. The minimum Gasteiger partial charge on any atom is -0.479 e. The molecule has 150 valence electrons. The maximum atomic E-state index is 11.6. The van der Waals surface area contributed by atoms with Crippen molar-refractivity contribution < 1.29 is 39.1 Å². The Balaban J connectivity index is 2.21. The second-order valence-corrected chi connectivity index (χ2v) is 6.32. The third-order valence-corrected chi connectivity index (χ3v) is 4.19. The van der Waals surface area contributed by atoms with E-state index in [1.807, 2.05) is 30.3 Å². The van der Waals surface area contributed by atoms with Crippen LogP contribution in [0.2, 0.25) is 0 Å². The molecule has 0 bridgehead atoms. The Kier molecular flexibility index (Phi) is 7.69. The van der Waals surface area contributed by atoms with Crippen molar-refractivity contribution in [2.75, 3.05) is 6.61 Å². The van der Waals surface area contributed by atoms with E-state index in [9.17, 15) is 19.8 Å². The van der Waals surface area contributed by atoms with Crippen molar-refractivity contribution in [2.24, 2.45) is 0 Å². The van der Waals surface area contributed by atoms with Crippen molar-refractivity contribution in [3.8, 4) is 0 Å². The maximum absolute atomic E-state index is 11.6. The van der Waals surface area contributed by atoms with Gasteiger partial charge in [0.2, 0.25) is 5.91 Å². The van der Waals surface area contributed by atoms with Gasteiger partial charge >= 0.3 is 5.97 Å². The van der Waals surface area contributed by atoms with Crippen LogP contribution in [0.15, 0.2) is 30.3 Å². The van der Waals surface area contributed by atoms with E-state index in [2.05, 4.69) is 5.32 Å². The Morgan fingerprint density at radius 2 is 1.96 bits per heavy atom. The van der Waals surface area contributed by atoms with Crippen molar-refractivity contribution >= 4 is 11.9 Å². The van der Waals surface area contributed by atoms with Gasteiger partial charge in [-0.2, -0.15) is 0 Å². The number of aliphatic hydroxyl groups excluding tert-OH is 2. The Morgan fingerprint density at radius 3 is 2.52 bits per heavy atom. The first-order chi connectivity index (χ1) is 12.8. The number of ether oxygens (including phenoxy) is 3. The van der Waals surface area contributed by atoms with Crippen LogP contribution in [-0.4, -0.2) is 70.6 Å². The van der Waals surface area contributed by atoms with E-state index in [1.165, 1.54) is 13.8 Å². The molecule has 9 nitrogen and oxygen atoms in total. The molecule has 27 heavy (non-hydrogen) atoms. The number of carboxylic acids is 1. The number of carbonyl (C=O) groups excluding carboxylic acids is 1. The highest BCUT2D eigenvalue weighted by molar-refractivity contribution is 5.73. The number of hydrogen-bond donors (Lipinski definition) is 4. The lowest BCUT2D eigenvalue weighted by molar-refractivity contribution is -0.284. The molecule has 0 saturated carbocycles. The Morgan fingerprint density at radius 1 is 1.30 bits per heavy atom. The van der Waals surface area contributed by atoms with E-state index in [4.69, 9.17) is 19.3 Å². The SMILES string of the molecule is CC(=O)N[C@H]1C(OCc2ccccc2)O[C@H](CO)[C@@H](O)[C@@H]1O[C@H](C)C(=O)O. The van der Waals surface area contributed by atoms with E-state index in [0.717, 1.165) is 5.56 Å². The van der Waals surface area contributed by atoms with Gasteiger partial charge in [0.05, 0.1) is 13.2 Å². The third-order valence-electron chi connectivity index (χ3n) is 4.19.